The van der Waals surface area contributed by atoms with Gasteiger partial charge < -0.3 is 15.4 Å². The molecule has 2 aromatic carbocycles. The molecule has 0 spiro atoms. The minimum Gasteiger partial charge on any atom is -0.497 e. The highest BCUT2D eigenvalue weighted by atomic mass is 35.5. The van der Waals surface area contributed by atoms with Gasteiger partial charge in [-0.1, -0.05) is 23.7 Å². The van der Waals surface area contributed by atoms with Crippen molar-refractivity contribution in [2.45, 2.75) is 25.8 Å². The summed E-state index contributed by atoms with van der Waals surface area (Å²) >= 11 is 5.86. The van der Waals surface area contributed by atoms with Crippen molar-refractivity contribution >= 4 is 35.0 Å². The Morgan fingerprint density at radius 1 is 1.09 bits per heavy atom. The quantitative estimate of drug-likeness (QED) is 0.554. The van der Waals surface area contributed by atoms with Crippen LogP contribution in [-0.2, 0) is 4.79 Å². The van der Waals surface area contributed by atoms with Crippen LogP contribution in [0.5, 0.6) is 5.75 Å². The number of hydrogen-bond donors (Lipinski definition) is 2. The van der Waals surface area contributed by atoms with Crippen LogP contribution in [0.4, 0.5) is 16.3 Å². The first kappa shape index (κ1) is 22.6. The predicted octanol–water partition coefficient (Wildman–Crippen LogP) is 5.04. The van der Waals surface area contributed by atoms with Crippen molar-refractivity contribution in [3.8, 4) is 16.9 Å². The van der Waals surface area contributed by atoms with Gasteiger partial charge in [-0.3, -0.25) is 9.69 Å². The number of aryl methyl sites for hydroxylation is 1. The van der Waals surface area contributed by atoms with Gasteiger partial charge in [0, 0.05) is 41.0 Å². The summed E-state index contributed by atoms with van der Waals surface area (Å²) in [5.74, 6) is 1.35. The molecular weight excluding hydrogens is 440 g/mol. The minimum atomic E-state index is -0.346. The van der Waals surface area contributed by atoms with E-state index in [1.54, 1.807) is 36.3 Å². The SMILES string of the molecule is COc1ccc(-c2ccc(N3CC[C@H](NC(=O)Nc4ccc(Cl)cc4)CC3=O)nc2C)cc1. The number of halogens is 1. The van der Waals surface area contributed by atoms with Gasteiger partial charge in [0.15, 0.2) is 0 Å². The number of piperidine rings is 1. The van der Waals surface area contributed by atoms with E-state index in [0.717, 1.165) is 22.6 Å². The average Bonchev–Trinajstić information content (AvgIpc) is 2.81. The molecule has 0 saturated carbocycles. The Hall–Kier alpha value is -3.58. The van der Waals surface area contributed by atoms with Gasteiger partial charge >= 0.3 is 6.03 Å². The monoisotopic (exact) mass is 464 g/mol. The topological polar surface area (TPSA) is 83.6 Å². The Bertz CT molecular complexity index is 1150. The smallest absolute Gasteiger partial charge is 0.319 e. The van der Waals surface area contributed by atoms with E-state index >= 15 is 0 Å². The van der Waals surface area contributed by atoms with Crippen molar-refractivity contribution in [3.63, 3.8) is 0 Å². The molecule has 7 nitrogen and oxygen atoms in total. The third-order valence-corrected chi connectivity index (χ3v) is 5.86. The Kier molecular flexibility index (Phi) is 6.79. The Labute approximate surface area is 197 Å². The lowest BCUT2D eigenvalue weighted by atomic mass is 10.0. The summed E-state index contributed by atoms with van der Waals surface area (Å²) in [6.45, 7) is 2.42. The normalized spacial score (nSPS) is 15.8. The number of methoxy groups -OCH3 is 1. The number of rotatable bonds is 5. The molecule has 1 atom stereocenters. The van der Waals surface area contributed by atoms with Crippen LogP contribution in [-0.4, -0.2) is 36.6 Å². The fourth-order valence-corrected chi connectivity index (χ4v) is 3.98. The minimum absolute atomic E-state index is 0.0675. The van der Waals surface area contributed by atoms with Gasteiger partial charge in [0.05, 0.1) is 7.11 Å². The van der Waals surface area contributed by atoms with Crippen molar-refractivity contribution in [1.82, 2.24) is 10.3 Å². The number of pyridine rings is 1. The maximum Gasteiger partial charge on any atom is 0.319 e. The molecule has 33 heavy (non-hydrogen) atoms. The molecule has 3 aromatic rings. The zero-order valence-corrected chi connectivity index (χ0v) is 19.2. The number of nitrogens with zero attached hydrogens (tertiary/aromatic N) is 2. The van der Waals surface area contributed by atoms with Crippen LogP contribution in [0, 0.1) is 6.92 Å². The lowest BCUT2D eigenvalue weighted by Crippen LogP contribution is -2.49. The molecule has 4 rings (SSSR count). The molecule has 0 unspecified atom stereocenters. The first-order chi connectivity index (χ1) is 15.9. The van der Waals surface area contributed by atoms with Gasteiger partial charge in [-0.15, -0.1) is 0 Å². The fraction of sp³-hybridized carbons (Fsp3) is 0.240. The van der Waals surface area contributed by atoms with Crippen molar-refractivity contribution in [3.05, 3.63) is 71.4 Å². The van der Waals surface area contributed by atoms with Crippen molar-refractivity contribution in [2.75, 3.05) is 23.9 Å². The zero-order chi connectivity index (χ0) is 23.4. The molecule has 0 aliphatic carbocycles. The number of ether oxygens (including phenoxy) is 1. The number of hydrogen-bond acceptors (Lipinski definition) is 4. The van der Waals surface area contributed by atoms with Gasteiger partial charge in [0.1, 0.15) is 11.6 Å². The summed E-state index contributed by atoms with van der Waals surface area (Å²) in [5.41, 5.74) is 3.52. The summed E-state index contributed by atoms with van der Waals surface area (Å²) in [6, 6.07) is 17.9. The van der Waals surface area contributed by atoms with Gasteiger partial charge in [-0.25, -0.2) is 9.78 Å². The van der Waals surface area contributed by atoms with Gasteiger partial charge in [-0.2, -0.15) is 0 Å². The van der Waals surface area contributed by atoms with E-state index in [2.05, 4.69) is 15.6 Å². The number of aromatic nitrogens is 1. The highest BCUT2D eigenvalue weighted by Gasteiger charge is 2.28. The Morgan fingerprint density at radius 2 is 1.82 bits per heavy atom. The number of carbonyl (C=O) groups excluding carboxylic acids is 2. The Morgan fingerprint density at radius 3 is 2.45 bits per heavy atom. The second kappa shape index (κ2) is 9.92. The van der Waals surface area contributed by atoms with Crippen molar-refractivity contribution in [2.24, 2.45) is 0 Å². The fourth-order valence-electron chi connectivity index (χ4n) is 3.86. The van der Waals surface area contributed by atoms with E-state index in [9.17, 15) is 9.59 Å². The second-order valence-corrected chi connectivity index (χ2v) is 8.31. The van der Waals surface area contributed by atoms with Crippen LogP contribution in [0.3, 0.4) is 0 Å². The predicted molar refractivity (Wildman–Crippen MR) is 130 cm³/mol. The maximum atomic E-state index is 12.8. The maximum absolute atomic E-state index is 12.8. The first-order valence-corrected chi connectivity index (χ1v) is 11.1. The van der Waals surface area contributed by atoms with E-state index in [1.807, 2.05) is 43.3 Å². The van der Waals surface area contributed by atoms with Gasteiger partial charge in [0.2, 0.25) is 5.91 Å². The molecule has 8 heteroatoms. The first-order valence-electron chi connectivity index (χ1n) is 10.7. The van der Waals surface area contributed by atoms with E-state index in [4.69, 9.17) is 16.3 Å². The van der Waals surface area contributed by atoms with Gasteiger partial charge in [0.25, 0.3) is 0 Å². The summed E-state index contributed by atoms with van der Waals surface area (Å²) < 4.78 is 5.22. The summed E-state index contributed by atoms with van der Waals surface area (Å²) in [4.78, 5) is 31.4. The molecule has 2 N–H and O–H groups in total. The van der Waals surface area contributed by atoms with Crippen molar-refractivity contribution in [1.29, 1.82) is 0 Å². The molecule has 1 saturated heterocycles. The third-order valence-electron chi connectivity index (χ3n) is 5.61. The molecular formula is C25H25ClN4O3. The molecule has 1 aliphatic rings. The van der Waals surface area contributed by atoms with E-state index in [0.29, 0.717) is 29.5 Å². The van der Waals surface area contributed by atoms with Crippen molar-refractivity contribution < 1.29 is 14.3 Å². The van der Waals surface area contributed by atoms with Crippen LogP contribution in [0.2, 0.25) is 5.02 Å². The van der Waals surface area contributed by atoms with E-state index in [1.165, 1.54) is 0 Å². The number of benzene rings is 2. The third kappa shape index (κ3) is 5.43. The molecule has 0 bridgehead atoms. The van der Waals surface area contributed by atoms with Crippen LogP contribution in [0.25, 0.3) is 11.1 Å². The van der Waals surface area contributed by atoms with E-state index in [-0.39, 0.29) is 24.4 Å². The largest absolute Gasteiger partial charge is 0.497 e. The number of anilines is 2. The summed E-state index contributed by atoms with van der Waals surface area (Å²) in [7, 11) is 1.64. The van der Waals surface area contributed by atoms with Gasteiger partial charge in [-0.05, 0) is 67.4 Å². The summed E-state index contributed by atoms with van der Waals surface area (Å²) in [6.07, 6.45) is 0.857. The van der Waals surface area contributed by atoms with Crippen LogP contribution >= 0.6 is 11.6 Å². The van der Waals surface area contributed by atoms with Crippen LogP contribution < -0.4 is 20.3 Å². The molecule has 3 amide bonds. The Balaban J connectivity index is 1.37. The van der Waals surface area contributed by atoms with Crippen LogP contribution in [0.15, 0.2) is 60.7 Å². The standard InChI is InChI=1S/C25H25ClN4O3/c1-16-22(17-3-9-21(33-2)10-4-17)11-12-23(27-16)30-14-13-20(15-24(30)31)29-25(32)28-19-7-5-18(26)6-8-19/h3-12,20H,13-15H2,1-2H3,(H2,28,29,32)/t20-/m0/s1. The van der Waals surface area contributed by atoms with Crippen LogP contribution in [0.1, 0.15) is 18.5 Å². The second-order valence-electron chi connectivity index (χ2n) is 7.87. The molecule has 1 aliphatic heterocycles. The zero-order valence-electron chi connectivity index (χ0n) is 18.5. The lowest BCUT2D eigenvalue weighted by molar-refractivity contribution is -0.120. The highest BCUT2D eigenvalue weighted by Crippen LogP contribution is 2.28. The molecule has 1 fully saturated rings. The molecule has 2 heterocycles. The number of carbonyl (C=O) groups is 2. The summed E-state index contributed by atoms with van der Waals surface area (Å²) in [5, 5.41) is 6.23. The van der Waals surface area contributed by atoms with E-state index < -0.39 is 0 Å². The molecule has 0 radical (unpaired) electrons. The molecule has 1 aromatic heterocycles. The number of amides is 3. The average molecular weight is 465 g/mol. The number of nitrogens with one attached hydrogen (secondary N) is 2. The lowest BCUT2D eigenvalue weighted by Gasteiger charge is -2.31. The number of urea groups is 1. The highest BCUT2D eigenvalue weighted by molar-refractivity contribution is 6.30. The molecule has 170 valence electrons.